The summed E-state index contributed by atoms with van der Waals surface area (Å²) in [7, 11) is 0. The number of rotatable bonds is 3. The van der Waals surface area contributed by atoms with Gasteiger partial charge in [-0.1, -0.05) is 42.5 Å². The number of aromatic hydroxyl groups is 1. The maximum atomic E-state index is 13.8. The molecule has 0 spiro atoms. The quantitative estimate of drug-likeness (QED) is 0.259. The van der Waals surface area contributed by atoms with E-state index in [0.29, 0.717) is 11.1 Å². The number of ketones is 3. The summed E-state index contributed by atoms with van der Waals surface area (Å²) in [4.78, 5) is 50.0. The van der Waals surface area contributed by atoms with Crippen molar-refractivity contribution < 1.29 is 44.7 Å². The first kappa shape index (κ1) is 25.1. The molecular weight excluding hydrogens is 494 g/mol. The van der Waals surface area contributed by atoms with Crippen molar-refractivity contribution in [3.05, 3.63) is 81.6 Å². The van der Waals surface area contributed by atoms with Crippen molar-refractivity contribution in [3.8, 4) is 5.75 Å². The van der Waals surface area contributed by atoms with Crippen LogP contribution in [0.3, 0.4) is 0 Å². The van der Waals surface area contributed by atoms with Crippen molar-refractivity contribution in [1.82, 2.24) is 0 Å². The summed E-state index contributed by atoms with van der Waals surface area (Å²) in [5.74, 6) is -8.97. The van der Waals surface area contributed by atoms with Crippen molar-refractivity contribution >= 4 is 40.7 Å². The normalized spacial score (nSPS) is 27.7. The van der Waals surface area contributed by atoms with Crippen LogP contribution in [-0.2, 0) is 14.4 Å². The number of benzene rings is 2. The summed E-state index contributed by atoms with van der Waals surface area (Å²) in [5.41, 5.74) is 2.24. The predicted octanol–water partition coefficient (Wildman–Crippen LogP) is 1.60. The lowest BCUT2D eigenvalue weighted by atomic mass is 9.56. The third-order valence-electron chi connectivity index (χ3n) is 7.54. The highest BCUT2D eigenvalue weighted by atomic mass is 16.4. The Labute approximate surface area is 215 Å². The van der Waals surface area contributed by atoms with Gasteiger partial charge in [-0.25, -0.2) is 0 Å². The van der Waals surface area contributed by atoms with Gasteiger partial charge in [-0.05, 0) is 29.7 Å². The van der Waals surface area contributed by atoms with Crippen LogP contribution in [0.5, 0.6) is 5.75 Å². The number of Topliss-reactive ketones (excluding diaryl/α,β-unsaturated/α-hetero) is 3. The Hall–Kier alpha value is -4.54. The topological polar surface area (TPSA) is 195 Å². The molecule has 3 aliphatic carbocycles. The fourth-order valence-electron chi connectivity index (χ4n) is 5.68. The van der Waals surface area contributed by atoms with E-state index in [4.69, 9.17) is 5.73 Å². The van der Waals surface area contributed by atoms with Crippen LogP contribution in [0.1, 0.15) is 40.4 Å². The van der Waals surface area contributed by atoms with E-state index in [9.17, 15) is 44.7 Å². The third kappa shape index (κ3) is 3.34. The molecule has 1 amide bonds. The number of carbonyl (C=O) groups excluding carboxylic acids is 4. The number of hydrogen-bond acceptors (Lipinski definition) is 9. The van der Waals surface area contributed by atoms with Crippen LogP contribution in [0.2, 0.25) is 0 Å². The van der Waals surface area contributed by atoms with Gasteiger partial charge in [-0.3, -0.25) is 19.2 Å². The SMILES string of the molecule is CC(=O)c1ccc(/C=C2\c3cccc(O)c3C(O)=C3C(=O)C4(O)C(O)=C(C(N)=O)C(=O)CC4C(O)C32)cc1. The summed E-state index contributed by atoms with van der Waals surface area (Å²) >= 11 is 0. The summed E-state index contributed by atoms with van der Waals surface area (Å²) in [6.07, 6.45) is -0.785. The van der Waals surface area contributed by atoms with Crippen molar-refractivity contribution in [2.24, 2.45) is 17.6 Å². The summed E-state index contributed by atoms with van der Waals surface area (Å²) in [6, 6.07) is 10.8. The van der Waals surface area contributed by atoms with Gasteiger partial charge in [-0.15, -0.1) is 0 Å². The van der Waals surface area contributed by atoms with E-state index in [0.717, 1.165) is 0 Å². The van der Waals surface area contributed by atoms with Crippen molar-refractivity contribution in [3.63, 3.8) is 0 Å². The molecule has 0 aromatic heterocycles. The van der Waals surface area contributed by atoms with E-state index in [1.54, 1.807) is 36.4 Å². The first-order valence-corrected chi connectivity index (χ1v) is 11.7. The lowest BCUT2D eigenvalue weighted by molar-refractivity contribution is -0.157. The van der Waals surface area contributed by atoms with Gasteiger partial charge in [0.2, 0.25) is 5.78 Å². The molecule has 3 aliphatic rings. The van der Waals surface area contributed by atoms with E-state index >= 15 is 0 Å². The molecule has 0 aliphatic heterocycles. The number of hydrogen-bond donors (Lipinski definition) is 6. The highest BCUT2D eigenvalue weighted by molar-refractivity contribution is 6.23. The van der Waals surface area contributed by atoms with Crippen LogP contribution in [0.15, 0.2) is 59.4 Å². The molecule has 10 heteroatoms. The average molecular weight is 517 g/mol. The van der Waals surface area contributed by atoms with Gasteiger partial charge in [0.15, 0.2) is 17.2 Å². The van der Waals surface area contributed by atoms with E-state index in [-0.39, 0.29) is 22.5 Å². The largest absolute Gasteiger partial charge is 0.508 e. The number of primary amides is 1. The van der Waals surface area contributed by atoms with E-state index in [1.807, 2.05) is 0 Å². The van der Waals surface area contributed by atoms with Crippen molar-refractivity contribution in [2.75, 3.05) is 0 Å². The number of carbonyl (C=O) groups is 4. The third-order valence-corrected chi connectivity index (χ3v) is 7.54. The van der Waals surface area contributed by atoms with Gasteiger partial charge in [0.25, 0.3) is 5.91 Å². The minimum absolute atomic E-state index is 0.140. The molecule has 4 atom stereocenters. The van der Waals surface area contributed by atoms with Crippen molar-refractivity contribution in [2.45, 2.75) is 25.0 Å². The van der Waals surface area contributed by atoms with Crippen LogP contribution < -0.4 is 5.73 Å². The van der Waals surface area contributed by atoms with Gasteiger partial charge < -0.3 is 31.3 Å². The van der Waals surface area contributed by atoms with Crippen LogP contribution >= 0.6 is 0 Å². The number of nitrogens with two attached hydrogens (primary N) is 1. The standard InChI is InChI=1S/C28H23NO9/c1-11(30)13-7-5-12(6-8-13)9-15-14-3-2-4-17(31)19(14)24(34)22-20(15)23(33)16-10-18(32)21(27(29)37)25(35)28(16,38)26(22)36/h2-9,16,20,23,31,33-35,38H,10H2,1H3,(H2,29,37)/b15-9+. The Balaban J connectivity index is 1.78. The first-order valence-electron chi connectivity index (χ1n) is 11.7. The van der Waals surface area contributed by atoms with Crippen LogP contribution in [-0.4, -0.2) is 60.5 Å². The molecule has 2 aromatic carbocycles. The Bertz CT molecular complexity index is 1550. The Morgan fingerprint density at radius 1 is 1.05 bits per heavy atom. The zero-order valence-electron chi connectivity index (χ0n) is 20.0. The maximum absolute atomic E-state index is 13.8. The molecule has 0 saturated heterocycles. The molecule has 7 N–H and O–H groups in total. The number of phenols is 1. The van der Waals surface area contributed by atoms with Gasteiger partial charge in [0.05, 0.1) is 17.2 Å². The fourth-order valence-corrected chi connectivity index (χ4v) is 5.68. The van der Waals surface area contributed by atoms with Gasteiger partial charge in [-0.2, -0.15) is 0 Å². The fraction of sp³-hybridized carbons (Fsp3) is 0.214. The zero-order chi connectivity index (χ0) is 27.7. The highest BCUT2D eigenvalue weighted by Crippen LogP contribution is 2.55. The number of phenolic OH excluding ortho intramolecular Hbond substituents is 1. The van der Waals surface area contributed by atoms with Gasteiger partial charge in [0.1, 0.15) is 22.8 Å². The first-order chi connectivity index (χ1) is 17.9. The summed E-state index contributed by atoms with van der Waals surface area (Å²) < 4.78 is 0. The second-order valence-electron chi connectivity index (χ2n) is 9.63. The second kappa shape index (κ2) is 8.51. The van der Waals surface area contributed by atoms with Crippen molar-refractivity contribution in [1.29, 1.82) is 0 Å². The molecule has 194 valence electrons. The van der Waals surface area contributed by atoms with Crippen LogP contribution in [0.4, 0.5) is 0 Å². The monoisotopic (exact) mass is 517 g/mol. The predicted molar refractivity (Wildman–Crippen MR) is 133 cm³/mol. The molecule has 1 fully saturated rings. The molecule has 1 saturated carbocycles. The number of aliphatic hydroxyl groups excluding tert-OH is 3. The van der Waals surface area contributed by atoms with Gasteiger partial charge >= 0.3 is 0 Å². The zero-order valence-corrected chi connectivity index (χ0v) is 20.0. The second-order valence-corrected chi connectivity index (χ2v) is 9.63. The Morgan fingerprint density at radius 2 is 1.71 bits per heavy atom. The molecule has 2 aromatic rings. The number of fused-ring (bicyclic) bond motifs is 3. The van der Waals surface area contributed by atoms with Crippen LogP contribution in [0, 0.1) is 11.8 Å². The van der Waals surface area contributed by atoms with Gasteiger partial charge in [0, 0.05) is 23.8 Å². The minimum Gasteiger partial charge on any atom is -0.508 e. The number of amides is 1. The van der Waals surface area contributed by atoms with E-state index < -0.39 is 75.8 Å². The molecule has 4 unspecified atom stereocenters. The molecule has 0 bridgehead atoms. The number of aliphatic hydroxyl groups is 4. The molecule has 0 heterocycles. The molecule has 5 rings (SSSR count). The minimum atomic E-state index is -2.92. The lowest BCUT2D eigenvalue weighted by Crippen LogP contribution is -2.63. The summed E-state index contributed by atoms with van der Waals surface area (Å²) in [6.45, 7) is 1.41. The smallest absolute Gasteiger partial charge is 0.255 e. The maximum Gasteiger partial charge on any atom is 0.255 e. The van der Waals surface area contributed by atoms with E-state index in [2.05, 4.69) is 0 Å². The molecule has 10 nitrogen and oxygen atoms in total. The lowest BCUT2D eigenvalue weighted by Gasteiger charge is -2.49. The Morgan fingerprint density at radius 3 is 2.32 bits per heavy atom. The highest BCUT2D eigenvalue weighted by Gasteiger charge is 2.64. The van der Waals surface area contributed by atoms with Crippen LogP contribution in [0.25, 0.3) is 17.4 Å². The van der Waals surface area contributed by atoms with E-state index in [1.165, 1.54) is 19.1 Å². The average Bonchev–Trinajstić information content (AvgIpc) is 2.86. The molecule has 0 radical (unpaired) electrons. The molecular formula is C28H23NO9. The Kier molecular flexibility index (Phi) is 5.62. The molecule has 38 heavy (non-hydrogen) atoms. The summed E-state index contributed by atoms with van der Waals surface area (Å²) in [5, 5.41) is 55.4.